The minimum Gasteiger partial charge on any atom is -0.496 e. The highest BCUT2D eigenvalue weighted by molar-refractivity contribution is 6.36. The van der Waals surface area contributed by atoms with Gasteiger partial charge in [-0.1, -0.05) is 65.7 Å². The van der Waals surface area contributed by atoms with E-state index in [4.69, 9.17) is 37.8 Å². The van der Waals surface area contributed by atoms with Crippen LogP contribution in [0.3, 0.4) is 0 Å². The normalized spacial score (nSPS) is 18.3. The van der Waals surface area contributed by atoms with Crippen molar-refractivity contribution in [2.24, 2.45) is 11.8 Å². The largest absolute Gasteiger partial charge is 0.496 e. The smallest absolute Gasteiger partial charge is 0.306 e. The first kappa shape index (κ1) is 41.5. The van der Waals surface area contributed by atoms with E-state index in [0.29, 0.717) is 48.6 Å². The van der Waals surface area contributed by atoms with Gasteiger partial charge in [0.05, 0.1) is 42.4 Å². The number of aromatic nitrogens is 2. The number of aliphatic carboxylic acids is 1. The lowest BCUT2D eigenvalue weighted by Gasteiger charge is -2.30. The van der Waals surface area contributed by atoms with Crippen molar-refractivity contribution in [3.05, 3.63) is 99.7 Å². The van der Waals surface area contributed by atoms with Crippen LogP contribution < -0.4 is 20.1 Å². The molecule has 1 atom stereocenters. The molecule has 0 radical (unpaired) electrons. The predicted octanol–water partition coefficient (Wildman–Crippen LogP) is 9.21. The van der Waals surface area contributed by atoms with Crippen molar-refractivity contribution < 1.29 is 24.2 Å². The maximum atomic E-state index is 11.6. The summed E-state index contributed by atoms with van der Waals surface area (Å²) in [5.41, 5.74) is 7.64. The summed E-state index contributed by atoms with van der Waals surface area (Å²) in [6, 6.07) is 22.6. The number of nitrogens with zero attached hydrogens (tertiary/aromatic N) is 3. The van der Waals surface area contributed by atoms with Crippen LogP contribution in [0.4, 0.5) is 0 Å². The van der Waals surface area contributed by atoms with Crippen molar-refractivity contribution in [3.8, 4) is 33.8 Å². The lowest BCUT2D eigenvalue weighted by atomic mass is 9.82. The Morgan fingerprint density at radius 1 is 0.966 bits per heavy atom. The first-order valence-corrected chi connectivity index (χ1v) is 21.0. The van der Waals surface area contributed by atoms with Gasteiger partial charge >= 0.3 is 5.97 Å². The number of carbonyl (C=O) groups is 2. The Labute approximate surface area is 350 Å². The van der Waals surface area contributed by atoms with E-state index in [9.17, 15) is 14.7 Å². The second-order valence-electron chi connectivity index (χ2n) is 16.1. The van der Waals surface area contributed by atoms with E-state index >= 15 is 0 Å². The number of halogens is 2. The van der Waals surface area contributed by atoms with Crippen molar-refractivity contribution in [1.29, 1.82) is 0 Å². The Bertz CT molecular complexity index is 2270. The molecule has 0 unspecified atom stereocenters. The van der Waals surface area contributed by atoms with E-state index in [1.807, 2.05) is 67.2 Å². The fourth-order valence-electron chi connectivity index (χ4n) is 8.49. The highest BCUT2D eigenvalue weighted by Crippen LogP contribution is 2.41. The number of hydrogen-bond donors (Lipinski definition) is 3. The molecule has 5 aromatic rings. The number of rotatable bonds is 16. The van der Waals surface area contributed by atoms with Gasteiger partial charge in [0.15, 0.2) is 0 Å². The molecule has 2 aliphatic rings. The Morgan fingerprint density at radius 2 is 1.72 bits per heavy atom. The SMILES string of the molecule is COc1cc(-c2cccc(-c3cccc4c3cnn4Cc3cc(OC(C)C)c(CN(C)CC4CCC(C(=O)O)CC4)cc3Cl)c2Cl)ccc1CNC[C@@H]1CCC(=O)N1. The molecule has 1 aromatic heterocycles. The van der Waals surface area contributed by atoms with Gasteiger partial charge in [-0.2, -0.15) is 5.10 Å². The second-order valence-corrected chi connectivity index (χ2v) is 16.9. The fourth-order valence-corrected chi connectivity index (χ4v) is 9.07. The van der Waals surface area contributed by atoms with Crippen LogP contribution in [-0.4, -0.2) is 71.1 Å². The van der Waals surface area contributed by atoms with Gasteiger partial charge in [-0.25, -0.2) is 0 Å². The average molecular weight is 827 g/mol. The van der Waals surface area contributed by atoms with Crippen molar-refractivity contribution in [2.45, 2.75) is 84.2 Å². The third kappa shape index (κ3) is 9.63. The molecule has 3 N–H and O–H groups in total. The van der Waals surface area contributed by atoms with Crippen LogP contribution in [0.15, 0.2) is 72.9 Å². The predicted molar refractivity (Wildman–Crippen MR) is 231 cm³/mol. The molecule has 7 rings (SSSR count). The molecular formula is C46H53Cl2N5O5. The lowest BCUT2D eigenvalue weighted by molar-refractivity contribution is -0.143. The van der Waals surface area contributed by atoms with Gasteiger partial charge in [0, 0.05) is 71.3 Å². The van der Waals surface area contributed by atoms with Gasteiger partial charge in [0.1, 0.15) is 11.5 Å². The first-order chi connectivity index (χ1) is 28.0. The molecule has 306 valence electrons. The highest BCUT2D eigenvalue weighted by Gasteiger charge is 2.27. The third-order valence-electron chi connectivity index (χ3n) is 11.5. The number of carboxylic acid groups (broad SMARTS) is 1. The van der Waals surface area contributed by atoms with Crippen molar-refractivity contribution in [2.75, 3.05) is 27.2 Å². The van der Waals surface area contributed by atoms with Gasteiger partial charge in [-0.3, -0.25) is 14.3 Å². The van der Waals surface area contributed by atoms with E-state index in [0.717, 1.165) is 100.0 Å². The van der Waals surface area contributed by atoms with Crippen molar-refractivity contribution in [1.82, 2.24) is 25.3 Å². The number of ether oxygens (including phenoxy) is 2. The molecule has 1 amide bonds. The second kappa shape index (κ2) is 18.5. The van der Waals surface area contributed by atoms with Gasteiger partial charge in [-0.05, 0) is 99.9 Å². The number of nitrogens with one attached hydrogen (secondary N) is 2. The van der Waals surface area contributed by atoms with Crippen LogP contribution in [0.25, 0.3) is 33.2 Å². The molecule has 2 heterocycles. The summed E-state index contributed by atoms with van der Waals surface area (Å²) in [5, 5.41) is 23.0. The summed E-state index contributed by atoms with van der Waals surface area (Å²) in [4.78, 5) is 25.3. The summed E-state index contributed by atoms with van der Waals surface area (Å²) >= 11 is 14.3. The molecule has 0 spiro atoms. The van der Waals surface area contributed by atoms with Crippen molar-refractivity contribution in [3.63, 3.8) is 0 Å². The monoisotopic (exact) mass is 825 g/mol. The zero-order valence-corrected chi connectivity index (χ0v) is 35.2. The van der Waals surface area contributed by atoms with Crippen LogP contribution in [0.5, 0.6) is 11.5 Å². The van der Waals surface area contributed by atoms with Crippen LogP contribution in [0.2, 0.25) is 10.0 Å². The molecule has 1 saturated carbocycles. The maximum Gasteiger partial charge on any atom is 0.306 e. The number of carbonyl (C=O) groups excluding carboxylic acids is 1. The Morgan fingerprint density at radius 3 is 2.45 bits per heavy atom. The van der Waals surface area contributed by atoms with E-state index in [1.54, 1.807) is 7.11 Å². The van der Waals surface area contributed by atoms with Gasteiger partial charge in [0.2, 0.25) is 5.91 Å². The molecule has 2 fully saturated rings. The maximum absolute atomic E-state index is 11.6. The standard InChI is InChI=1S/C46H53Cl2N5O5/c1-28(2)58-43-21-33(40(47)19-34(43)26-52(3)25-29-11-13-30(14-12-29)46(55)56)27-53-41-10-6-8-37(39(41)24-50-53)38-9-5-7-36(45(38)48)31-15-16-32(42(20-31)57-4)22-49-23-35-17-18-44(54)51-35/h5-10,15-16,19-21,24,28-30,35,49H,11-14,17-18,22-23,25-27H2,1-4H3,(H,51,54)(H,55,56)/t29?,30?,35-/m0/s1. The number of methoxy groups -OCH3 is 1. The van der Waals surface area contributed by atoms with Crippen molar-refractivity contribution >= 4 is 46.0 Å². The van der Waals surface area contributed by atoms with Crippen LogP contribution in [0.1, 0.15) is 69.1 Å². The molecule has 4 aromatic carbocycles. The minimum atomic E-state index is -0.672. The molecule has 0 bridgehead atoms. The Balaban J connectivity index is 1.09. The molecule has 1 aliphatic carbocycles. The molecule has 58 heavy (non-hydrogen) atoms. The van der Waals surface area contributed by atoms with Gasteiger partial charge in [0.25, 0.3) is 0 Å². The Kier molecular flexibility index (Phi) is 13.3. The zero-order chi connectivity index (χ0) is 40.9. The Hall–Kier alpha value is -4.61. The molecule has 1 saturated heterocycles. The quantitative estimate of drug-likeness (QED) is 0.0902. The number of fused-ring (bicyclic) bond motifs is 1. The van der Waals surface area contributed by atoms with Gasteiger partial charge < -0.3 is 30.1 Å². The summed E-state index contributed by atoms with van der Waals surface area (Å²) in [5.74, 6) is 1.27. The molecular weight excluding hydrogens is 773 g/mol. The number of benzene rings is 4. The van der Waals surface area contributed by atoms with Crippen LogP contribution in [0, 0.1) is 11.8 Å². The third-order valence-corrected chi connectivity index (χ3v) is 12.2. The average Bonchev–Trinajstić information content (AvgIpc) is 3.82. The van der Waals surface area contributed by atoms with E-state index in [2.05, 4.69) is 46.8 Å². The fraction of sp³-hybridized carbons (Fsp3) is 0.413. The number of hydrogen-bond acceptors (Lipinski definition) is 7. The zero-order valence-electron chi connectivity index (χ0n) is 33.7. The van der Waals surface area contributed by atoms with E-state index < -0.39 is 5.97 Å². The van der Waals surface area contributed by atoms with E-state index in [1.165, 1.54) is 0 Å². The summed E-state index contributed by atoms with van der Waals surface area (Å²) in [7, 11) is 3.78. The summed E-state index contributed by atoms with van der Waals surface area (Å²) in [6.07, 6.45) is 6.65. The molecule has 10 nitrogen and oxygen atoms in total. The van der Waals surface area contributed by atoms with E-state index in [-0.39, 0.29) is 24.0 Å². The summed E-state index contributed by atoms with van der Waals surface area (Å²) in [6.45, 7) is 7.39. The molecule has 12 heteroatoms. The minimum absolute atomic E-state index is 0.0212. The van der Waals surface area contributed by atoms with Gasteiger partial charge in [-0.15, -0.1) is 0 Å². The molecule has 1 aliphatic heterocycles. The van der Waals surface area contributed by atoms with Crippen LogP contribution in [-0.2, 0) is 29.2 Å². The number of carboxylic acids is 1. The number of amides is 1. The first-order valence-electron chi connectivity index (χ1n) is 20.3. The summed E-state index contributed by atoms with van der Waals surface area (Å²) < 4.78 is 14.1. The lowest BCUT2D eigenvalue weighted by Crippen LogP contribution is -2.35. The highest BCUT2D eigenvalue weighted by atomic mass is 35.5. The van der Waals surface area contributed by atoms with Crippen LogP contribution >= 0.6 is 23.2 Å². The topological polar surface area (TPSA) is 118 Å².